The first-order valence-electron chi connectivity index (χ1n) is 8.78. The lowest BCUT2D eigenvalue weighted by Gasteiger charge is -1.94. The number of nitrogens with zero attached hydrogens (tertiary/aromatic N) is 1. The van der Waals surface area contributed by atoms with Crippen molar-refractivity contribution in [2.75, 3.05) is 0 Å². The van der Waals surface area contributed by atoms with E-state index in [2.05, 4.69) is 28.2 Å². The van der Waals surface area contributed by atoms with Gasteiger partial charge in [-0.15, -0.1) is 0 Å². The van der Waals surface area contributed by atoms with E-state index in [1.165, 1.54) is 0 Å². The van der Waals surface area contributed by atoms with Crippen LogP contribution in [0.2, 0.25) is 0 Å². The Kier molecular flexibility index (Phi) is 4.75. The molecular weight excluding hydrogens is 332 g/mol. The van der Waals surface area contributed by atoms with E-state index in [4.69, 9.17) is 0 Å². The summed E-state index contributed by atoms with van der Waals surface area (Å²) in [7, 11) is 0. The third kappa shape index (κ3) is 4.10. The summed E-state index contributed by atoms with van der Waals surface area (Å²) in [6, 6.07) is 25.8. The van der Waals surface area contributed by atoms with Crippen molar-refractivity contribution in [1.82, 2.24) is 9.97 Å². The first-order chi connectivity index (χ1) is 13.3. The highest BCUT2D eigenvalue weighted by atomic mass is 16.1. The summed E-state index contributed by atoms with van der Waals surface area (Å²) in [4.78, 5) is 19.9. The number of nitrogens with one attached hydrogen (secondary N) is 1. The minimum Gasteiger partial charge on any atom is -0.335 e. The van der Waals surface area contributed by atoms with Crippen LogP contribution in [0.5, 0.6) is 0 Å². The highest BCUT2D eigenvalue weighted by Crippen LogP contribution is 2.17. The number of imidazole rings is 1. The van der Waals surface area contributed by atoms with E-state index in [1.807, 2.05) is 72.8 Å². The summed E-state index contributed by atoms with van der Waals surface area (Å²) >= 11 is 0. The summed E-state index contributed by atoms with van der Waals surface area (Å²) in [6.45, 7) is 0. The van der Waals surface area contributed by atoms with Crippen molar-refractivity contribution in [2.24, 2.45) is 0 Å². The molecular formula is C24H18N2O. The third-order valence-electron chi connectivity index (χ3n) is 4.23. The fourth-order valence-corrected chi connectivity index (χ4v) is 2.82. The van der Waals surface area contributed by atoms with Crippen LogP contribution in [0.15, 0.2) is 84.9 Å². The van der Waals surface area contributed by atoms with E-state index in [1.54, 1.807) is 12.2 Å². The van der Waals surface area contributed by atoms with Crippen LogP contribution in [-0.2, 0) is 0 Å². The van der Waals surface area contributed by atoms with Crippen molar-refractivity contribution in [1.29, 1.82) is 0 Å². The second-order valence-corrected chi connectivity index (χ2v) is 6.21. The first kappa shape index (κ1) is 16.7. The quantitative estimate of drug-likeness (QED) is 0.288. The average molecular weight is 350 g/mol. The number of aromatic nitrogens is 2. The predicted octanol–water partition coefficient (Wildman–Crippen LogP) is 5.63. The molecule has 0 radical (unpaired) electrons. The SMILES string of the molecule is O=C(C=Cc1ccccc1)c1nc2ccc(C=Cc3ccccc3)cc2[nH]1. The van der Waals surface area contributed by atoms with Crippen molar-refractivity contribution in [2.45, 2.75) is 0 Å². The van der Waals surface area contributed by atoms with Gasteiger partial charge in [-0.1, -0.05) is 85.0 Å². The van der Waals surface area contributed by atoms with Crippen LogP contribution in [0.3, 0.4) is 0 Å². The number of H-pyrrole nitrogens is 1. The Bertz CT molecular complexity index is 1120. The molecule has 130 valence electrons. The zero-order chi connectivity index (χ0) is 18.5. The lowest BCUT2D eigenvalue weighted by Crippen LogP contribution is -1.96. The highest BCUT2D eigenvalue weighted by molar-refractivity contribution is 6.05. The second kappa shape index (κ2) is 7.67. The van der Waals surface area contributed by atoms with Gasteiger partial charge in [0.05, 0.1) is 11.0 Å². The van der Waals surface area contributed by atoms with Gasteiger partial charge in [-0.3, -0.25) is 4.79 Å². The van der Waals surface area contributed by atoms with Crippen LogP contribution in [0.25, 0.3) is 29.3 Å². The van der Waals surface area contributed by atoms with Gasteiger partial charge in [-0.25, -0.2) is 4.98 Å². The number of allylic oxidation sites excluding steroid dienone is 1. The van der Waals surface area contributed by atoms with Crippen molar-refractivity contribution < 1.29 is 4.79 Å². The van der Waals surface area contributed by atoms with E-state index in [9.17, 15) is 4.79 Å². The molecule has 0 unspecified atom stereocenters. The molecule has 0 aliphatic carbocycles. The number of ketones is 1. The second-order valence-electron chi connectivity index (χ2n) is 6.21. The van der Waals surface area contributed by atoms with Gasteiger partial charge in [0.2, 0.25) is 5.78 Å². The molecule has 1 N–H and O–H groups in total. The van der Waals surface area contributed by atoms with Crippen LogP contribution in [0, 0.1) is 0 Å². The molecule has 0 amide bonds. The van der Waals surface area contributed by atoms with Gasteiger partial charge in [-0.05, 0) is 34.9 Å². The molecule has 1 aromatic heterocycles. The molecule has 3 heteroatoms. The average Bonchev–Trinajstić information content (AvgIpc) is 3.15. The Morgan fingerprint density at radius 2 is 1.37 bits per heavy atom. The van der Waals surface area contributed by atoms with E-state index in [-0.39, 0.29) is 5.78 Å². The Morgan fingerprint density at radius 3 is 2.07 bits per heavy atom. The molecule has 27 heavy (non-hydrogen) atoms. The lowest BCUT2D eigenvalue weighted by molar-refractivity contribution is 0.103. The van der Waals surface area contributed by atoms with Crippen LogP contribution in [-0.4, -0.2) is 15.8 Å². The van der Waals surface area contributed by atoms with E-state index in [0.717, 1.165) is 27.7 Å². The summed E-state index contributed by atoms with van der Waals surface area (Å²) in [5.74, 6) is 0.206. The van der Waals surface area contributed by atoms with Crippen molar-refractivity contribution in [3.8, 4) is 0 Å². The Hall–Kier alpha value is -3.72. The standard InChI is InChI=1S/C24H18N2O/c27-23(16-14-19-9-5-2-6-10-19)24-25-21-15-13-20(17-22(21)26-24)12-11-18-7-3-1-4-8-18/h1-17H,(H,25,26). The molecule has 0 aliphatic heterocycles. The fraction of sp³-hybridized carbons (Fsp3) is 0. The fourth-order valence-electron chi connectivity index (χ4n) is 2.82. The van der Waals surface area contributed by atoms with Gasteiger partial charge in [0.15, 0.2) is 5.82 Å². The van der Waals surface area contributed by atoms with Crippen LogP contribution < -0.4 is 0 Å². The number of carbonyl (C=O) groups excluding carboxylic acids is 1. The Morgan fingerprint density at radius 1 is 0.741 bits per heavy atom. The predicted molar refractivity (Wildman–Crippen MR) is 111 cm³/mol. The molecule has 1 heterocycles. The number of rotatable bonds is 5. The number of carbonyl (C=O) groups is 1. The molecule has 0 bridgehead atoms. The molecule has 0 aliphatic rings. The molecule has 0 fully saturated rings. The molecule has 3 nitrogen and oxygen atoms in total. The maximum Gasteiger partial charge on any atom is 0.221 e. The van der Waals surface area contributed by atoms with Crippen molar-refractivity contribution >= 4 is 35.0 Å². The Balaban J connectivity index is 1.55. The summed E-state index contributed by atoms with van der Waals surface area (Å²) in [5, 5.41) is 0. The molecule has 3 aromatic carbocycles. The molecule has 4 rings (SSSR count). The Labute approximate surface area is 157 Å². The van der Waals surface area contributed by atoms with Crippen LogP contribution in [0.4, 0.5) is 0 Å². The maximum absolute atomic E-state index is 12.4. The van der Waals surface area contributed by atoms with E-state index in [0.29, 0.717) is 5.82 Å². The number of aromatic amines is 1. The normalized spacial score (nSPS) is 11.6. The molecule has 0 saturated carbocycles. The number of hydrogen-bond donors (Lipinski definition) is 1. The highest BCUT2D eigenvalue weighted by Gasteiger charge is 2.08. The smallest absolute Gasteiger partial charge is 0.221 e. The minimum atomic E-state index is -0.142. The van der Waals surface area contributed by atoms with Gasteiger partial charge in [0.25, 0.3) is 0 Å². The monoisotopic (exact) mass is 350 g/mol. The third-order valence-corrected chi connectivity index (χ3v) is 4.23. The molecule has 0 saturated heterocycles. The van der Waals surface area contributed by atoms with Gasteiger partial charge >= 0.3 is 0 Å². The van der Waals surface area contributed by atoms with Gasteiger partial charge < -0.3 is 4.98 Å². The maximum atomic E-state index is 12.4. The lowest BCUT2D eigenvalue weighted by atomic mass is 10.1. The van der Waals surface area contributed by atoms with Gasteiger partial charge in [0.1, 0.15) is 0 Å². The van der Waals surface area contributed by atoms with Gasteiger partial charge in [0, 0.05) is 0 Å². The minimum absolute atomic E-state index is 0.142. The molecule has 0 spiro atoms. The topological polar surface area (TPSA) is 45.8 Å². The van der Waals surface area contributed by atoms with Gasteiger partial charge in [-0.2, -0.15) is 0 Å². The van der Waals surface area contributed by atoms with Crippen LogP contribution in [0.1, 0.15) is 27.3 Å². The van der Waals surface area contributed by atoms with Crippen molar-refractivity contribution in [3.05, 3.63) is 107 Å². The summed E-state index contributed by atoms with van der Waals surface area (Å²) < 4.78 is 0. The van der Waals surface area contributed by atoms with E-state index < -0.39 is 0 Å². The zero-order valence-corrected chi connectivity index (χ0v) is 14.7. The number of fused-ring (bicyclic) bond motifs is 1. The first-order valence-corrected chi connectivity index (χ1v) is 8.78. The van der Waals surface area contributed by atoms with E-state index >= 15 is 0 Å². The van der Waals surface area contributed by atoms with Crippen LogP contribution >= 0.6 is 0 Å². The zero-order valence-electron chi connectivity index (χ0n) is 14.7. The molecule has 4 aromatic rings. The largest absolute Gasteiger partial charge is 0.335 e. The summed E-state index contributed by atoms with van der Waals surface area (Å²) in [6.07, 6.45) is 7.45. The number of hydrogen-bond acceptors (Lipinski definition) is 2. The van der Waals surface area contributed by atoms with Crippen molar-refractivity contribution in [3.63, 3.8) is 0 Å². The summed E-state index contributed by atoms with van der Waals surface area (Å²) in [5.41, 5.74) is 4.80. The number of benzene rings is 3. The molecule has 0 atom stereocenters.